The number of nitrogens with one attached hydrogen (secondary N) is 1. The minimum Gasteiger partial charge on any atom is -0.347 e. The Labute approximate surface area is 90.7 Å². The minimum absolute atomic E-state index is 0.0487. The molecule has 84 valence electrons. The van der Waals surface area contributed by atoms with Gasteiger partial charge in [0.05, 0.1) is 11.3 Å². The Hall–Kier alpha value is -1.32. The lowest BCUT2D eigenvalue weighted by molar-refractivity contribution is 0.0918. The molecule has 0 unspecified atom stereocenters. The van der Waals surface area contributed by atoms with Gasteiger partial charge in [0.1, 0.15) is 0 Å². The van der Waals surface area contributed by atoms with E-state index in [1.54, 1.807) is 10.9 Å². The number of aryl methyl sites for hydroxylation is 2. The largest absolute Gasteiger partial charge is 0.347 e. The molecular weight excluding hydrogens is 190 g/mol. The van der Waals surface area contributed by atoms with Crippen molar-refractivity contribution in [1.82, 2.24) is 15.1 Å². The molecule has 1 aromatic rings. The molecule has 1 aromatic heterocycles. The first-order chi connectivity index (χ1) is 6.83. The van der Waals surface area contributed by atoms with Gasteiger partial charge in [0.25, 0.3) is 5.91 Å². The lowest BCUT2D eigenvalue weighted by atomic mass is 10.1. The maximum absolute atomic E-state index is 11.9. The van der Waals surface area contributed by atoms with Crippen molar-refractivity contribution in [3.63, 3.8) is 0 Å². The van der Waals surface area contributed by atoms with E-state index in [9.17, 15) is 4.79 Å². The molecule has 1 rings (SSSR count). The normalized spacial score (nSPS) is 11.5. The molecule has 0 aliphatic rings. The molecule has 0 aliphatic carbocycles. The van der Waals surface area contributed by atoms with Crippen LogP contribution in [-0.2, 0) is 13.5 Å². The highest BCUT2D eigenvalue weighted by Crippen LogP contribution is 2.09. The van der Waals surface area contributed by atoms with Crippen molar-refractivity contribution < 1.29 is 4.79 Å². The number of hydrogen-bond acceptors (Lipinski definition) is 2. The van der Waals surface area contributed by atoms with Crippen LogP contribution in [-0.4, -0.2) is 21.2 Å². The van der Waals surface area contributed by atoms with E-state index in [-0.39, 0.29) is 11.4 Å². The summed E-state index contributed by atoms with van der Waals surface area (Å²) in [5.41, 5.74) is 1.31. The molecule has 0 saturated carbocycles. The van der Waals surface area contributed by atoms with Crippen molar-refractivity contribution in [2.45, 2.75) is 39.7 Å². The first-order valence-electron chi connectivity index (χ1n) is 5.18. The van der Waals surface area contributed by atoms with Crippen LogP contribution in [0.3, 0.4) is 0 Å². The van der Waals surface area contributed by atoms with E-state index in [4.69, 9.17) is 0 Å². The van der Waals surface area contributed by atoms with Crippen LogP contribution >= 0.6 is 0 Å². The van der Waals surface area contributed by atoms with Crippen molar-refractivity contribution in [2.75, 3.05) is 0 Å². The maximum atomic E-state index is 11.9. The molecule has 1 amide bonds. The average molecular weight is 209 g/mol. The third kappa shape index (κ3) is 3.08. The number of rotatable bonds is 2. The summed E-state index contributed by atoms with van der Waals surface area (Å²) in [5, 5.41) is 7.17. The number of amides is 1. The standard InChI is InChI=1S/C11H19N3O/c1-6-9-8(7-14(5)13-9)10(15)12-11(2,3)4/h7H,6H2,1-5H3,(H,12,15). The Morgan fingerprint density at radius 2 is 2.13 bits per heavy atom. The monoisotopic (exact) mass is 209 g/mol. The lowest BCUT2D eigenvalue weighted by Gasteiger charge is -2.20. The summed E-state index contributed by atoms with van der Waals surface area (Å²) < 4.78 is 1.68. The van der Waals surface area contributed by atoms with Crippen LogP contribution in [0.2, 0.25) is 0 Å². The summed E-state index contributed by atoms with van der Waals surface area (Å²) >= 11 is 0. The van der Waals surface area contributed by atoms with Crippen LogP contribution < -0.4 is 5.32 Å². The number of carbonyl (C=O) groups excluding carboxylic acids is 1. The Bertz CT molecular complexity index is 360. The Morgan fingerprint density at radius 3 is 2.60 bits per heavy atom. The highest BCUT2D eigenvalue weighted by atomic mass is 16.1. The average Bonchev–Trinajstić information content (AvgIpc) is 2.43. The minimum atomic E-state index is -0.210. The van der Waals surface area contributed by atoms with Gasteiger partial charge in [-0.25, -0.2) is 0 Å². The van der Waals surface area contributed by atoms with Crippen LogP contribution in [0.5, 0.6) is 0 Å². The molecule has 4 nitrogen and oxygen atoms in total. The van der Waals surface area contributed by atoms with Gasteiger partial charge in [-0.15, -0.1) is 0 Å². The fourth-order valence-corrected chi connectivity index (χ4v) is 1.39. The number of aromatic nitrogens is 2. The van der Waals surface area contributed by atoms with Crippen LogP contribution in [0.1, 0.15) is 43.7 Å². The summed E-state index contributed by atoms with van der Waals surface area (Å²) in [6.45, 7) is 7.89. The summed E-state index contributed by atoms with van der Waals surface area (Å²) in [4.78, 5) is 11.9. The van der Waals surface area contributed by atoms with E-state index in [0.29, 0.717) is 5.56 Å². The van der Waals surface area contributed by atoms with Crippen molar-refractivity contribution in [2.24, 2.45) is 7.05 Å². The molecule has 0 aliphatic heterocycles. The van der Waals surface area contributed by atoms with Crippen LogP contribution in [0.15, 0.2) is 6.20 Å². The highest BCUT2D eigenvalue weighted by Gasteiger charge is 2.19. The van der Waals surface area contributed by atoms with Gasteiger partial charge in [0.2, 0.25) is 0 Å². The van der Waals surface area contributed by atoms with Crippen LogP contribution in [0.4, 0.5) is 0 Å². The Balaban J connectivity index is 2.91. The SMILES string of the molecule is CCc1nn(C)cc1C(=O)NC(C)(C)C. The summed E-state index contributed by atoms with van der Waals surface area (Å²) in [7, 11) is 1.83. The first-order valence-corrected chi connectivity index (χ1v) is 5.18. The molecule has 0 radical (unpaired) electrons. The van der Waals surface area contributed by atoms with Gasteiger partial charge < -0.3 is 5.32 Å². The van der Waals surface area contributed by atoms with E-state index >= 15 is 0 Å². The molecule has 0 aromatic carbocycles. The molecule has 1 heterocycles. The van der Waals surface area contributed by atoms with Gasteiger partial charge in [-0.3, -0.25) is 9.48 Å². The predicted octanol–water partition coefficient (Wildman–Crippen LogP) is 1.51. The first kappa shape index (κ1) is 11.8. The fraction of sp³-hybridized carbons (Fsp3) is 0.636. The molecule has 0 spiro atoms. The van der Waals surface area contributed by atoms with Crippen molar-refractivity contribution in [3.05, 3.63) is 17.5 Å². The van der Waals surface area contributed by atoms with Crippen molar-refractivity contribution >= 4 is 5.91 Å². The molecule has 0 atom stereocenters. The van der Waals surface area contributed by atoms with Gasteiger partial charge in [0.15, 0.2) is 0 Å². The molecule has 0 bridgehead atoms. The van der Waals surface area contributed by atoms with Gasteiger partial charge in [-0.2, -0.15) is 5.10 Å². The van der Waals surface area contributed by atoms with Crippen LogP contribution in [0.25, 0.3) is 0 Å². The zero-order valence-electron chi connectivity index (χ0n) is 10.1. The van der Waals surface area contributed by atoms with E-state index in [1.165, 1.54) is 0 Å². The third-order valence-corrected chi connectivity index (χ3v) is 1.97. The molecule has 0 fully saturated rings. The van der Waals surface area contributed by atoms with E-state index in [1.807, 2.05) is 34.7 Å². The summed E-state index contributed by atoms with van der Waals surface area (Å²) in [6, 6.07) is 0. The predicted molar refractivity (Wildman–Crippen MR) is 59.8 cm³/mol. The second-order valence-electron chi connectivity index (χ2n) is 4.72. The number of carbonyl (C=O) groups is 1. The second kappa shape index (κ2) is 4.04. The lowest BCUT2D eigenvalue weighted by Crippen LogP contribution is -2.40. The highest BCUT2D eigenvalue weighted by molar-refractivity contribution is 5.95. The zero-order valence-corrected chi connectivity index (χ0v) is 10.1. The van der Waals surface area contributed by atoms with Crippen molar-refractivity contribution in [1.29, 1.82) is 0 Å². The van der Waals surface area contributed by atoms with Gasteiger partial charge >= 0.3 is 0 Å². The molecule has 4 heteroatoms. The number of hydrogen-bond donors (Lipinski definition) is 1. The summed E-state index contributed by atoms with van der Waals surface area (Å²) in [5.74, 6) is -0.0487. The van der Waals surface area contributed by atoms with Crippen LogP contribution in [0, 0.1) is 0 Å². The molecule has 1 N–H and O–H groups in total. The molecule has 15 heavy (non-hydrogen) atoms. The smallest absolute Gasteiger partial charge is 0.255 e. The maximum Gasteiger partial charge on any atom is 0.255 e. The van der Waals surface area contributed by atoms with Crippen molar-refractivity contribution in [3.8, 4) is 0 Å². The second-order valence-corrected chi connectivity index (χ2v) is 4.72. The van der Waals surface area contributed by atoms with Gasteiger partial charge in [0, 0.05) is 18.8 Å². The van der Waals surface area contributed by atoms with Gasteiger partial charge in [-0.05, 0) is 27.2 Å². The Morgan fingerprint density at radius 1 is 1.53 bits per heavy atom. The topological polar surface area (TPSA) is 46.9 Å². The Kier molecular flexibility index (Phi) is 3.17. The summed E-state index contributed by atoms with van der Waals surface area (Å²) in [6.07, 6.45) is 2.54. The van der Waals surface area contributed by atoms with E-state index in [2.05, 4.69) is 10.4 Å². The van der Waals surface area contributed by atoms with E-state index in [0.717, 1.165) is 12.1 Å². The quantitative estimate of drug-likeness (QED) is 0.802. The van der Waals surface area contributed by atoms with Gasteiger partial charge in [-0.1, -0.05) is 6.92 Å². The fourth-order valence-electron chi connectivity index (χ4n) is 1.39. The molecular formula is C11H19N3O. The third-order valence-electron chi connectivity index (χ3n) is 1.97. The van der Waals surface area contributed by atoms with E-state index < -0.39 is 0 Å². The zero-order chi connectivity index (χ0) is 11.6. The number of nitrogens with zero attached hydrogens (tertiary/aromatic N) is 2. The molecule has 0 saturated heterocycles.